The predicted octanol–water partition coefficient (Wildman–Crippen LogP) is 3.65. The van der Waals surface area contributed by atoms with E-state index in [1.807, 2.05) is 30.7 Å². The number of fused-ring (bicyclic) bond motifs is 1. The molecule has 3 rings (SSSR count). The Hall–Kier alpha value is -2.65. The van der Waals surface area contributed by atoms with Crippen LogP contribution in [0.2, 0.25) is 0 Å². The van der Waals surface area contributed by atoms with E-state index in [1.165, 1.54) is 30.0 Å². The van der Waals surface area contributed by atoms with Crippen LogP contribution in [-0.4, -0.2) is 51.9 Å². The summed E-state index contributed by atoms with van der Waals surface area (Å²) in [5, 5.41) is 6.68. The highest BCUT2D eigenvalue weighted by Gasteiger charge is 2.18. The lowest BCUT2D eigenvalue weighted by Gasteiger charge is -2.14. The second-order valence-corrected chi connectivity index (χ2v) is 7.41. The van der Waals surface area contributed by atoms with E-state index >= 15 is 0 Å². The number of hydrogen-bond acceptors (Lipinski definition) is 7. The van der Waals surface area contributed by atoms with Crippen LogP contribution in [0.25, 0.3) is 11.2 Å². The molecule has 2 N–H and O–H groups in total. The lowest BCUT2D eigenvalue weighted by Crippen LogP contribution is -2.34. The molecule has 31 heavy (non-hydrogen) atoms. The van der Waals surface area contributed by atoms with Gasteiger partial charge >= 0.3 is 0 Å². The molecule has 3 aromatic rings. The summed E-state index contributed by atoms with van der Waals surface area (Å²) in [5.41, 5.74) is 3.85. The normalized spacial score (nSPS) is 11.5. The fraction of sp³-hybridized carbons (Fsp3) is 0.455. The Morgan fingerprint density at radius 2 is 2.06 bits per heavy atom. The van der Waals surface area contributed by atoms with Crippen LogP contribution in [0.15, 0.2) is 35.7 Å². The van der Waals surface area contributed by atoms with Gasteiger partial charge in [0.2, 0.25) is 5.91 Å². The SMILES string of the molecule is CC.CNC(=O)C(CCn1cnc2c(NCc3cccc(C)c3)nc(SC)nc21)OC. The number of methoxy groups -OCH3 is 1. The van der Waals surface area contributed by atoms with Crippen molar-refractivity contribution in [1.29, 1.82) is 0 Å². The third kappa shape index (κ3) is 6.41. The van der Waals surface area contributed by atoms with Crippen molar-refractivity contribution in [3.63, 3.8) is 0 Å². The third-order valence-electron chi connectivity index (χ3n) is 4.62. The number of aromatic nitrogens is 4. The van der Waals surface area contributed by atoms with Gasteiger partial charge in [0, 0.05) is 33.7 Å². The maximum Gasteiger partial charge on any atom is 0.248 e. The molecule has 0 spiro atoms. The van der Waals surface area contributed by atoms with Gasteiger partial charge in [-0.3, -0.25) is 4.79 Å². The molecule has 1 atom stereocenters. The van der Waals surface area contributed by atoms with Gasteiger partial charge in [0.1, 0.15) is 6.10 Å². The number of carbonyl (C=O) groups is 1. The lowest BCUT2D eigenvalue weighted by atomic mass is 10.1. The van der Waals surface area contributed by atoms with E-state index < -0.39 is 6.10 Å². The second-order valence-electron chi connectivity index (χ2n) is 6.64. The lowest BCUT2D eigenvalue weighted by molar-refractivity contribution is -0.131. The summed E-state index contributed by atoms with van der Waals surface area (Å²) in [6, 6.07) is 8.34. The maximum absolute atomic E-state index is 11.9. The molecule has 0 bridgehead atoms. The average molecular weight is 445 g/mol. The van der Waals surface area contributed by atoms with E-state index in [1.54, 1.807) is 13.4 Å². The fourth-order valence-corrected chi connectivity index (χ4v) is 3.44. The molecule has 1 aromatic carbocycles. The summed E-state index contributed by atoms with van der Waals surface area (Å²) in [5.74, 6) is 0.561. The number of benzene rings is 1. The first-order valence-corrected chi connectivity index (χ1v) is 11.6. The van der Waals surface area contributed by atoms with Gasteiger partial charge in [0.05, 0.1) is 6.33 Å². The third-order valence-corrected chi connectivity index (χ3v) is 5.17. The van der Waals surface area contributed by atoms with Crippen molar-refractivity contribution < 1.29 is 9.53 Å². The number of amides is 1. The van der Waals surface area contributed by atoms with Crippen LogP contribution in [0.4, 0.5) is 5.82 Å². The van der Waals surface area contributed by atoms with Gasteiger partial charge in [-0.05, 0) is 18.7 Å². The van der Waals surface area contributed by atoms with Crippen LogP contribution in [0, 0.1) is 6.92 Å². The number of hydrogen-bond donors (Lipinski definition) is 2. The molecular formula is C22H32N6O2S. The minimum absolute atomic E-state index is 0.142. The molecule has 1 amide bonds. The first kappa shape index (κ1) is 24.6. The van der Waals surface area contributed by atoms with E-state index in [0.29, 0.717) is 36.0 Å². The molecule has 0 saturated heterocycles. The van der Waals surface area contributed by atoms with Crippen molar-refractivity contribution in [2.75, 3.05) is 25.7 Å². The number of anilines is 1. The number of aryl methyl sites for hydroxylation is 2. The molecule has 0 fully saturated rings. The minimum atomic E-state index is -0.516. The molecule has 1 unspecified atom stereocenters. The molecule has 2 heterocycles. The van der Waals surface area contributed by atoms with E-state index in [2.05, 4.69) is 50.7 Å². The fourth-order valence-electron chi connectivity index (χ4n) is 3.08. The van der Waals surface area contributed by atoms with Crippen molar-refractivity contribution in [2.24, 2.45) is 0 Å². The van der Waals surface area contributed by atoms with Gasteiger partial charge in [-0.25, -0.2) is 15.0 Å². The summed E-state index contributed by atoms with van der Waals surface area (Å²) < 4.78 is 7.22. The van der Waals surface area contributed by atoms with Gasteiger partial charge in [0.25, 0.3) is 0 Å². The zero-order valence-electron chi connectivity index (χ0n) is 19.1. The van der Waals surface area contributed by atoms with Crippen LogP contribution in [-0.2, 0) is 22.6 Å². The maximum atomic E-state index is 11.9. The zero-order valence-corrected chi connectivity index (χ0v) is 19.9. The van der Waals surface area contributed by atoms with Crippen molar-refractivity contribution >= 4 is 34.7 Å². The average Bonchev–Trinajstić information content (AvgIpc) is 3.22. The summed E-state index contributed by atoms with van der Waals surface area (Å²) in [4.78, 5) is 25.6. The van der Waals surface area contributed by atoms with Crippen molar-refractivity contribution in [3.8, 4) is 0 Å². The minimum Gasteiger partial charge on any atom is -0.372 e. The van der Waals surface area contributed by atoms with Crippen LogP contribution < -0.4 is 10.6 Å². The van der Waals surface area contributed by atoms with Crippen LogP contribution in [0.3, 0.4) is 0 Å². The monoisotopic (exact) mass is 444 g/mol. The first-order chi connectivity index (χ1) is 15.0. The summed E-state index contributed by atoms with van der Waals surface area (Å²) >= 11 is 1.48. The van der Waals surface area contributed by atoms with E-state index in [9.17, 15) is 4.79 Å². The number of nitrogens with one attached hydrogen (secondary N) is 2. The molecule has 8 nitrogen and oxygen atoms in total. The number of thioether (sulfide) groups is 1. The Labute approximate surface area is 188 Å². The molecule has 0 radical (unpaired) electrons. The topological polar surface area (TPSA) is 94.0 Å². The summed E-state index contributed by atoms with van der Waals surface area (Å²) in [6.07, 6.45) is 3.68. The summed E-state index contributed by atoms with van der Waals surface area (Å²) in [6.45, 7) is 7.29. The number of rotatable bonds is 9. The van der Waals surface area contributed by atoms with E-state index in [-0.39, 0.29) is 5.91 Å². The van der Waals surface area contributed by atoms with Crippen molar-refractivity contribution in [1.82, 2.24) is 24.8 Å². The Morgan fingerprint density at radius 3 is 2.71 bits per heavy atom. The van der Waals surface area contributed by atoms with Gasteiger partial charge in [-0.1, -0.05) is 55.4 Å². The highest BCUT2D eigenvalue weighted by molar-refractivity contribution is 7.98. The number of likely N-dealkylation sites (N-methyl/N-ethyl adjacent to an activating group) is 1. The zero-order chi connectivity index (χ0) is 22.8. The van der Waals surface area contributed by atoms with Crippen molar-refractivity contribution in [3.05, 3.63) is 41.7 Å². The van der Waals surface area contributed by atoms with Gasteiger partial charge in [-0.15, -0.1) is 0 Å². The molecule has 0 aliphatic heterocycles. The van der Waals surface area contributed by atoms with Crippen LogP contribution >= 0.6 is 11.8 Å². The molecule has 0 aliphatic carbocycles. The standard InChI is InChI=1S/C20H26N6O2S.C2H6/c1-13-6-5-7-14(10-13)11-22-17-16-18(25-20(24-17)29-4)26(12-23-16)9-8-15(28-3)19(27)21-2;1-2/h5-7,10,12,15H,8-9,11H2,1-4H3,(H,21,27)(H,22,24,25);1-2H3. The molecule has 0 aliphatic rings. The number of imidazole rings is 1. The van der Waals surface area contributed by atoms with Gasteiger partial charge < -0.3 is 19.9 Å². The van der Waals surface area contributed by atoms with Gasteiger partial charge in [0.15, 0.2) is 22.1 Å². The highest BCUT2D eigenvalue weighted by Crippen LogP contribution is 2.23. The molecule has 2 aromatic heterocycles. The van der Waals surface area contributed by atoms with Gasteiger partial charge in [-0.2, -0.15) is 0 Å². The number of ether oxygens (including phenoxy) is 1. The first-order valence-electron chi connectivity index (χ1n) is 10.4. The second kappa shape index (κ2) is 12.3. The Kier molecular flexibility index (Phi) is 9.74. The predicted molar refractivity (Wildman–Crippen MR) is 126 cm³/mol. The van der Waals surface area contributed by atoms with Crippen molar-refractivity contribution in [2.45, 2.75) is 51.5 Å². The summed E-state index contributed by atoms with van der Waals surface area (Å²) in [7, 11) is 3.14. The quantitative estimate of drug-likeness (QED) is 0.384. The highest BCUT2D eigenvalue weighted by atomic mass is 32.2. The number of nitrogens with zero attached hydrogens (tertiary/aromatic N) is 4. The van der Waals surface area contributed by atoms with Crippen LogP contribution in [0.1, 0.15) is 31.4 Å². The molecule has 9 heteroatoms. The smallest absolute Gasteiger partial charge is 0.248 e. The van der Waals surface area contributed by atoms with Crippen LogP contribution in [0.5, 0.6) is 0 Å². The molecule has 0 saturated carbocycles. The molecule has 168 valence electrons. The van der Waals surface area contributed by atoms with E-state index in [4.69, 9.17) is 4.74 Å². The molecular weight excluding hydrogens is 412 g/mol. The Bertz CT molecular complexity index is 991. The Morgan fingerprint density at radius 1 is 1.29 bits per heavy atom. The number of carbonyl (C=O) groups excluding carboxylic acids is 1. The Balaban J connectivity index is 0.00000166. The van der Waals surface area contributed by atoms with E-state index in [0.717, 1.165) is 5.65 Å². The largest absolute Gasteiger partial charge is 0.372 e.